The summed E-state index contributed by atoms with van der Waals surface area (Å²) in [5.74, 6) is 0.403. The van der Waals surface area contributed by atoms with Crippen molar-refractivity contribution in [2.45, 2.75) is 61.9 Å². The number of carbonyl (C=O) groups excluding carboxylic acids is 1. The summed E-state index contributed by atoms with van der Waals surface area (Å²) in [5, 5.41) is 15.6. The minimum absolute atomic E-state index is 0.0249. The molecule has 26 heavy (non-hydrogen) atoms. The van der Waals surface area contributed by atoms with Crippen LogP contribution >= 0.6 is 23.1 Å². The van der Waals surface area contributed by atoms with E-state index in [2.05, 4.69) is 46.0 Å². The Labute approximate surface area is 162 Å². The first kappa shape index (κ1) is 17.8. The molecule has 0 bridgehead atoms. The molecule has 1 saturated carbocycles. The standard InChI is InChI=1S/C19H24N4OS2/c1-12(14-7-6-13-4-2-3-5-15(13)10-14)20-17(24)11-25-19-23-22-18(26-19)21-16-8-9-16/h6-7,10,12,16H,2-5,8-9,11H2,1H3,(H,20,24)(H,21,22). The van der Waals surface area contributed by atoms with E-state index in [4.69, 9.17) is 0 Å². The van der Waals surface area contributed by atoms with Crippen molar-refractivity contribution in [1.29, 1.82) is 0 Å². The maximum absolute atomic E-state index is 12.3. The maximum Gasteiger partial charge on any atom is 0.230 e. The summed E-state index contributed by atoms with van der Waals surface area (Å²) >= 11 is 2.97. The molecule has 1 atom stereocenters. The molecule has 2 N–H and O–H groups in total. The van der Waals surface area contributed by atoms with Crippen molar-refractivity contribution in [3.8, 4) is 0 Å². The van der Waals surface area contributed by atoms with E-state index in [1.54, 1.807) is 0 Å². The van der Waals surface area contributed by atoms with Gasteiger partial charge < -0.3 is 10.6 Å². The Morgan fingerprint density at radius 2 is 2.08 bits per heavy atom. The Kier molecular flexibility index (Phi) is 5.45. The normalized spacial score (nSPS) is 17.4. The summed E-state index contributed by atoms with van der Waals surface area (Å²) in [6, 6.07) is 7.26. The molecule has 2 aliphatic rings. The van der Waals surface area contributed by atoms with Crippen LogP contribution in [0.25, 0.3) is 0 Å². The molecule has 2 aromatic rings. The van der Waals surface area contributed by atoms with Crippen molar-refractivity contribution < 1.29 is 4.79 Å². The van der Waals surface area contributed by atoms with E-state index in [-0.39, 0.29) is 11.9 Å². The highest BCUT2D eigenvalue weighted by Crippen LogP contribution is 2.30. The van der Waals surface area contributed by atoms with Crippen LogP contribution in [0, 0.1) is 0 Å². The van der Waals surface area contributed by atoms with E-state index >= 15 is 0 Å². The molecule has 1 heterocycles. The molecule has 1 aromatic carbocycles. The Morgan fingerprint density at radius 3 is 2.88 bits per heavy atom. The highest BCUT2D eigenvalue weighted by molar-refractivity contribution is 8.01. The third-order valence-corrected chi connectivity index (χ3v) is 6.88. The van der Waals surface area contributed by atoms with Crippen LogP contribution in [0.2, 0.25) is 0 Å². The Hall–Kier alpha value is -1.60. The van der Waals surface area contributed by atoms with Crippen LogP contribution in [0.4, 0.5) is 5.13 Å². The second-order valence-corrected chi connectivity index (χ2v) is 9.30. The first-order valence-electron chi connectivity index (χ1n) is 9.31. The number of amides is 1. The summed E-state index contributed by atoms with van der Waals surface area (Å²) in [4.78, 5) is 12.3. The fourth-order valence-corrected chi connectivity index (χ4v) is 4.89. The third kappa shape index (κ3) is 4.57. The minimum atomic E-state index is 0.0249. The topological polar surface area (TPSA) is 66.9 Å². The van der Waals surface area contributed by atoms with Gasteiger partial charge in [-0.25, -0.2) is 0 Å². The summed E-state index contributed by atoms with van der Waals surface area (Å²) in [6.45, 7) is 2.05. The van der Waals surface area contributed by atoms with E-state index in [0.717, 1.165) is 15.9 Å². The SMILES string of the molecule is CC(NC(=O)CSc1nnc(NC2CC2)s1)c1ccc2c(c1)CCCC2. The molecule has 0 radical (unpaired) electrons. The molecule has 0 spiro atoms. The number of nitrogens with one attached hydrogen (secondary N) is 2. The fraction of sp³-hybridized carbons (Fsp3) is 0.526. The minimum Gasteiger partial charge on any atom is -0.357 e. The lowest BCUT2D eigenvalue weighted by Crippen LogP contribution is -2.28. The Bertz CT molecular complexity index is 788. The van der Waals surface area contributed by atoms with E-state index in [0.29, 0.717) is 11.8 Å². The third-order valence-electron chi connectivity index (χ3n) is 4.89. The van der Waals surface area contributed by atoms with Crippen LogP contribution in [0.15, 0.2) is 22.5 Å². The molecular weight excluding hydrogens is 364 g/mol. The van der Waals surface area contributed by atoms with Crippen LogP contribution in [-0.2, 0) is 17.6 Å². The number of rotatable bonds is 7. The number of aryl methyl sites for hydroxylation is 2. The van der Waals surface area contributed by atoms with Crippen molar-refractivity contribution in [3.05, 3.63) is 34.9 Å². The fourth-order valence-electron chi connectivity index (χ4n) is 3.25. The summed E-state index contributed by atoms with van der Waals surface area (Å²) in [7, 11) is 0. The van der Waals surface area contributed by atoms with E-state index < -0.39 is 0 Å². The van der Waals surface area contributed by atoms with Gasteiger partial charge in [-0.2, -0.15) is 0 Å². The van der Waals surface area contributed by atoms with E-state index in [9.17, 15) is 4.79 Å². The molecule has 2 aliphatic carbocycles. The number of hydrogen-bond acceptors (Lipinski definition) is 6. The quantitative estimate of drug-likeness (QED) is 0.703. The highest BCUT2D eigenvalue weighted by Gasteiger charge is 2.22. The number of aromatic nitrogens is 2. The van der Waals surface area contributed by atoms with Crippen LogP contribution in [0.3, 0.4) is 0 Å². The van der Waals surface area contributed by atoms with Gasteiger partial charge in [-0.05, 0) is 62.1 Å². The molecule has 1 unspecified atom stereocenters. The van der Waals surface area contributed by atoms with Gasteiger partial charge in [-0.15, -0.1) is 10.2 Å². The van der Waals surface area contributed by atoms with Crippen molar-refractivity contribution >= 4 is 34.1 Å². The zero-order chi connectivity index (χ0) is 17.9. The molecule has 4 rings (SSSR count). The van der Waals surface area contributed by atoms with Crippen molar-refractivity contribution in [1.82, 2.24) is 15.5 Å². The predicted molar refractivity (Wildman–Crippen MR) is 107 cm³/mol. The Balaban J connectivity index is 1.27. The van der Waals surface area contributed by atoms with Crippen LogP contribution in [-0.4, -0.2) is 27.9 Å². The van der Waals surface area contributed by atoms with Crippen LogP contribution in [0.1, 0.15) is 55.3 Å². The lowest BCUT2D eigenvalue weighted by atomic mass is 9.89. The van der Waals surface area contributed by atoms with E-state index in [1.165, 1.54) is 71.9 Å². The predicted octanol–water partition coefficient (Wildman–Crippen LogP) is 3.96. The second-order valence-electron chi connectivity index (χ2n) is 7.10. The average Bonchev–Trinajstić information content (AvgIpc) is 3.35. The molecule has 0 aliphatic heterocycles. The summed E-state index contributed by atoms with van der Waals surface area (Å²) < 4.78 is 0.838. The number of nitrogens with zero attached hydrogens (tertiary/aromatic N) is 2. The van der Waals surface area contributed by atoms with Gasteiger partial charge in [0, 0.05) is 6.04 Å². The number of carbonyl (C=O) groups is 1. The highest BCUT2D eigenvalue weighted by atomic mass is 32.2. The molecule has 0 saturated heterocycles. The van der Waals surface area contributed by atoms with Gasteiger partial charge in [0.25, 0.3) is 0 Å². The van der Waals surface area contributed by atoms with Gasteiger partial charge in [-0.3, -0.25) is 4.79 Å². The van der Waals surface area contributed by atoms with Crippen LogP contribution < -0.4 is 10.6 Å². The van der Waals surface area contributed by atoms with Gasteiger partial charge in [0.1, 0.15) is 0 Å². The molecule has 5 nitrogen and oxygen atoms in total. The van der Waals surface area contributed by atoms with Gasteiger partial charge in [0.15, 0.2) is 4.34 Å². The van der Waals surface area contributed by atoms with Gasteiger partial charge in [0.2, 0.25) is 11.0 Å². The maximum atomic E-state index is 12.3. The van der Waals surface area contributed by atoms with Gasteiger partial charge in [0.05, 0.1) is 11.8 Å². The monoisotopic (exact) mass is 388 g/mol. The Morgan fingerprint density at radius 1 is 1.27 bits per heavy atom. The van der Waals surface area contributed by atoms with Gasteiger partial charge in [-0.1, -0.05) is 41.3 Å². The largest absolute Gasteiger partial charge is 0.357 e. The van der Waals surface area contributed by atoms with Gasteiger partial charge >= 0.3 is 0 Å². The van der Waals surface area contributed by atoms with Crippen LogP contribution in [0.5, 0.6) is 0 Å². The number of anilines is 1. The molecule has 7 heteroatoms. The average molecular weight is 389 g/mol. The number of fused-ring (bicyclic) bond motifs is 1. The second kappa shape index (κ2) is 7.96. The molecule has 1 amide bonds. The lowest BCUT2D eigenvalue weighted by molar-refractivity contribution is -0.119. The molecule has 1 aromatic heterocycles. The number of hydrogen-bond donors (Lipinski definition) is 2. The van der Waals surface area contributed by atoms with Crippen molar-refractivity contribution in [2.75, 3.05) is 11.1 Å². The number of benzene rings is 1. The summed E-state index contributed by atoms with van der Waals surface area (Å²) in [6.07, 6.45) is 7.34. The zero-order valence-electron chi connectivity index (χ0n) is 15.0. The van der Waals surface area contributed by atoms with E-state index in [1.807, 2.05) is 0 Å². The smallest absolute Gasteiger partial charge is 0.230 e. The first-order chi connectivity index (χ1) is 12.7. The molecule has 138 valence electrons. The first-order valence-corrected chi connectivity index (χ1v) is 11.1. The lowest BCUT2D eigenvalue weighted by Gasteiger charge is -2.20. The van der Waals surface area contributed by atoms with Crippen molar-refractivity contribution in [2.24, 2.45) is 0 Å². The molecule has 1 fully saturated rings. The van der Waals surface area contributed by atoms with Crippen molar-refractivity contribution in [3.63, 3.8) is 0 Å². The zero-order valence-corrected chi connectivity index (χ0v) is 16.6. The molecular formula is C19H24N4OS2. The summed E-state index contributed by atoms with van der Waals surface area (Å²) in [5.41, 5.74) is 4.12. The number of thioether (sulfide) groups is 1.